The Hall–Kier alpha value is -0.960. The van der Waals surface area contributed by atoms with Gasteiger partial charge in [-0.3, -0.25) is 4.90 Å². The summed E-state index contributed by atoms with van der Waals surface area (Å²) in [7, 11) is 3.96. The van der Waals surface area contributed by atoms with Crippen molar-refractivity contribution < 1.29 is 9.84 Å². The SMILES string of the molecule is CN(C)c1nsc(N2CCC3(CC2)CC(O)CN(C2CCOCC2)C3)n1. The number of nitrogens with zero attached hydrogens (tertiary/aromatic N) is 5. The van der Waals surface area contributed by atoms with Gasteiger partial charge in [0.15, 0.2) is 0 Å². The van der Waals surface area contributed by atoms with Crippen LogP contribution < -0.4 is 9.80 Å². The average Bonchev–Trinajstić information content (AvgIpc) is 3.13. The molecule has 0 bridgehead atoms. The molecule has 1 unspecified atom stereocenters. The van der Waals surface area contributed by atoms with Crippen molar-refractivity contribution in [3.8, 4) is 0 Å². The van der Waals surface area contributed by atoms with Gasteiger partial charge in [-0.15, -0.1) is 0 Å². The molecule has 1 spiro atoms. The zero-order valence-electron chi connectivity index (χ0n) is 15.9. The van der Waals surface area contributed by atoms with Crippen LogP contribution in [0.2, 0.25) is 0 Å². The topological polar surface area (TPSA) is 65.0 Å². The van der Waals surface area contributed by atoms with E-state index in [9.17, 15) is 5.11 Å². The van der Waals surface area contributed by atoms with Crippen molar-refractivity contribution in [1.82, 2.24) is 14.3 Å². The molecule has 4 heterocycles. The fourth-order valence-corrected chi connectivity index (χ4v) is 5.56. The number of anilines is 2. The van der Waals surface area contributed by atoms with Crippen LogP contribution in [0.4, 0.5) is 11.1 Å². The Morgan fingerprint density at radius 1 is 1.23 bits per heavy atom. The van der Waals surface area contributed by atoms with Gasteiger partial charge in [-0.1, -0.05) is 0 Å². The van der Waals surface area contributed by atoms with Gasteiger partial charge in [0.25, 0.3) is 0 Å². The molecular formula is C18H31N5O2S. The summed E-state index contributed by atoms with van der Waals surface area (Å²) in [5.74, 6) is 0.795. The Morgan fingerprint density at radius 3 is 2.62 bits per heavy atom. The lowest BCUT2D eigenvalue weighted by Gasteiger charge is -2.51. The van der Waals surface area contributed by atoms with Gasteiger partial charge >= 0.3 is 0 Å². The highest BCUT2D eigenvalue weighted by atomic mass is 32.1. The van der Waals surface area contributed by atoms with Gasteiger partial charge < -0.3 is 19.6 Å². The largest absolute Gasteiger partial charge is 0.392 e. The molecule has 8 heteroatoms. The second kappa shape index (κ2) is 7.58. The number of β-amino-alcohol motifs (C(OH)–C–C–N with tert-alkyl or cyclic N) is 1. The highest BCUT2D eigenvalue weighted by Gasteiger charge is 2.43. The molecule has 1 N–H and O–H groups in total. The fraction of sp³-hybridized carbons (Fsp3) is 0.889. The van der Waals surface area contributed by atoms with E-state index in [1.807, 2.05) is 19.0 Å². The monoisotopic (exact) mass is 381 g/mol. The van der Waals surface area contributed by atoms with Gasteiger partial charge in [-0.2, -0.15) is 9.36 Å². The maximum Gasteiger partial charge on any atom is 0.238 e. The van der Waals surface area contributed by atoms with Crippen LogP contribution in [0.1, 0.15) is 32.1 Å². The van der Waals surface area contributed by atoms with Gasteiger partial charge in [0, 0.05) is 71.1 Å². The molecule has 1 atom stereocenters. The summed E-state index contributed by atoms with van der Waals surface area (Å²) in [6.07, 6.45) is 5.21. The van der Waals surface area contributed by atoms with Crippen LogP contribution in [-0.2, 0) is 4.74 Å². The molecule has 26 heavy (non-hydrogen) atoms. The predicted octanol–water partition coefficient (Wildman–Crippen LogP) is 1.44. The number of hydrogen-bond donors (Lipinski definition) is 1. The molecule has 3 fully saturated rings. The quantitative estimate of drug-likeness (QED) is 0.850. The van der Waals surface area contributed by atoms with Gasteiger partial charge in [0.2, 0.25) is 11.1 Å². The second-order valence-corrected chi connectivity index (χ2v) is 9.12. The van der Waals surface area contributed by atoms with Crippen molar-refractivity contribution in [3.63, 3.8) is 0 Å². The third-order valence-electron chi connectivity index (χ3n) is 6.26. The van der Waals surface area contributed by atoms with Gasteiger partial charge in [0.05, 0.1) is 6.10 Å². The van der Waals surface area contributed by atoms with E-state index < -0.39 is 0 Å². The second-order valence-electron chi connectivity index (χ2n) is 8.39. The molecule has 4 rings (SSSR count). The molecule has 3 aliphatic rings. The third-order valence-corrected chi connectivity index (χ3v) is 7.03. The third kappa shape index (κ3) is 3.83. The number of aromatic nitrogens is 2. The first-order chi connectivity index (χ1) is 12.5. The zero-order valence-corrected chi connectivity index (χ0v) is 16.7. The lowest BCUT2D eigenvalue weighted by atomic mass is 9.71. The first-order valence-electron chi connectivity index (χ1n) is 9.81. The summed E-state index contributed by atoms with van der Waals surface area (Å²) in [5, 5.41) is 11.6. The van der Waals surface area contributed by atoms with Crippen LogP contribution in [0.15, 0.2) is 0 Å². The van der Waals surface area contributed by atoms with Crippen LogP contribution in [-0.4, -0.2) is 85.0 Å². The average molecular weight is 382 g/mol. The maximum atomic E-state index is 10.6. The standard InChI is InChI=1S/C18H31N5O2S/c1-21(2)16-19-17(26-20-16)22-7-5-18(6-8-22)11-15(24)12-23(13-18)14-3-9-25-10-4-14/h14-15,24H,3-13H2,1-2H3. The highest BCUT2D eigenvalue weighted by Crippen LogP contribution is 2.42. The summed E-state index contributed by atoms with van der Waals surface area (Å²) in [6, 6.07) is 0.583. The molecule has 0 saturated carbocycles. The van der Waals surface area contributed by atoms with Crippen molar-refractivity contribution in [2.45, 2.75) is 44.2 Å². The summed E-state index contributed by atoms with van der Waals surface area (Å²) in [6.45, 7) is 5.71. The van der Waals surface area contributed by atoms with Crippen LogP contribution in [0.3, 0.4) is 0 Å². The number of hydrogen-bond acceptors (Lipinski definition) is 8. The Balaban J connectivity index is 1.39. The molecule has 3 aliphatic heterocycles. The lowest BCUT2D eigenvalue weighted by Crippen LogP contribution is -2.57. The van der Waals surface area contributed by atoms with E-state index >= 15 is 0 Å². The van der Waals surface area contributed by atoms with E-state index in [0.29, 0.717) is 6.04 Å². The minimum Gasteiger partial charge on any atom is -0.392 e. The molecule has 0 aliphatic carbocycles. The Bertz CT molecular complexity index is 596. The number of rotatable bonds is 3. The summed E-state index contributed by atoms with van der Waals surface area (Å²) >= 11 is 1.49. The van der Waals surface area contributed by atoms with E-state index in [1.165, 1.54) is 11.5 Å². The first kappa shape index (κ1) is 18.4. The normalized spacial score (nSPS) is 27.8. The molecule has 0 amide bonds. The summed E-state index contributed by atoms with van der Waals surface area (Å²) in [5.41, 5.74) is 0.252. The van der Waals surface area contributed by atoms with Gasteiger partial charge in [-0.05, 0) is 37.5 Å². The van der Waals surface area contributed by atoms with E-state index in [1.54, 1.807) is 0 Å². The van der Waals surface area contributed by atoms with Crippen LogP contribution >= 0.6 is 11.5 Å². The molecule has 1 aromatic heterocycles. The first-order valence-corrected chi connectivity index (χ1v) is 10.6. The molecular weight excluding hydrogens is 350 g/mol. The smallest absolute Gasteiger partial charge is 0.238 e. The fourth-order valence-electron chi connectivity index (χ4n) is 4.78. The van der Waals surface area contributed by atoms with Crippen molar-refractivity contribution in [1.29, 1.82) is 0 Å². The molecule has 146 valence electrons. The lowest BCUT2D eigenvalue weighted by molar-refractivity contribution is -0.0601. The molecule has 3 saturated heterocycles. The predicted molar refractivity (Wildman–Crippen MR) is 104 cm³/mol. The summed E-state index contributed by atoms with van der Waals surface area (Å²) in [4.78, 5) is 11.5. The molecule has 7 nitrogen and oxygen atoms in total. The van der Waals surface area contributed by atoms with E-state index in [0.717, 1.165) is 82.6 Å². The van der Waals surface area contributed by atoms with E-state index in [4.69, 9.17) is 4.74 Å². The molecule has 1 aromatic rings. The Morgan fingerprint density at radius 2 is 1.96 bits per heavy atom. The molecule has 0 aromatic carbocycles. The van der Waals surface area contributed by atoms with E-state index in [-0.39, 0.29) is 11.5 Å². The van der Waals surface area contributed by atoms with Crippen molar-refractivity contribution in [3.05, 3.63) is 0 Å². The summed E-state index contributed by atoms with van der Waals surface area (Å²) < 4.78 is 9.96. The number of ether oxygens (including phenoxy) is 1. The number of aliphatic hydroxyl groups is 1. The highest BCUT2D eigenvalue weighted by molar-refractivity contribution is 7.09. The van der Waals surface area contributed by atoms with Crippen molar-refractivity contribution >= 4 is 22.6 Å². The molecule has 0 radical (unpaired) electrons. The van der Waals surface area contributed by atoms with Crippen molar-refractivity contribution in [2.24, 2.45) is 5.41 Å². The van der Waals surface area contributed by atoms with Crippen LogP contribution in [0.5, 0.6) is 0 Å². The Kier molecular flexibility index (Phi) is 5.36. The van der Waals surface area contributed by atoms with Gasteiger partial charge in [-0.25, -0.2) is 0 Å². The van der Waals surface area contributed by atoms with Crippen molar-refractivity contribution in [2.75, 3.05) is 63.3 Å². The Labute approximate surface area is 160 Å². The van der Waals surface area contributed by atoms with E-state index in [2.05, 4.69) is 19.2 Å². The van der Waals surface area contributed by atoms with Crippen LogP contribution in [0, 0.1) is 5.41 Å². The number of aliphatic hydroxyl groups excluding tert-OH is 1. The van der Waals surface area contributed by atoms with Crippen LogP contribution in [0.25, 0.3) is 0 Å². The minimum atomic E-state index is -0.194. The zero-order chi connectivity index (χ0) is 18.1. The minimum absolute atomic E-state index is 0.194. The number of likely N-dealkylation sites (tertiary alicyclic amines) is 1. The maximum absolute atomic E-state index is 10.6. The van der Waals surface area contributed by atoms with Gasteiger partial charge in [0.1, 0.15) is 0 Å². The number of piperidine rings is 2.